The van der Waals surface area contributed by atoms with Crippen molar-refractivity contribution in [2.75, 3.05) is 0 Å². The highest BCUT2D eigenvalue weighted by atomic mass is 16.4. The van der Waals surface area contributed by atoms with Crippen LogP contribution in [0.25, 0.3) is 0 Å². The fourth-order valence-corrected chi connectivity index (χ4v) is 0.814. The van der Waals surface area contributed by atoms with Gasteiger partial charge in [0, 0.05) is 0 Å². The van der Waals surface area contributed by atoms with Crippen LogP contribution in [-0.2, 0) is 6.42 Å². The van der Waals surface area contributed by atoms with Crippen molar-refractivity contribution in [3.8, 4) is 0 Å². The van der Waals surface area contributed by atoms with Crippen molar-refractivity contribution in [2.24, 2.45) is 0 Å². The van der Waals surface area contributed by atoms with E-state index in [0.717, 1.165) is 5.56 Å². The first-order chi connectivity index (χ1) is 5.24. The molecule has 0 atom stereocenters. The Kier molecular flexibility index (Phi) is 2.26. The Bertz CT molecular complexity index is 249. The Morgan fingerprint density at radius 3 is 2.27 bits per heavy atom. The van der Waals surface area contributed by atoms with E-state index in [9.17, 15) is 4.79 Å². The Balaban J connectivity index is 2.91. The molecule has 0 saturated heterocycles. The number of carboxylic acid groups (broad SMARTS) is 1. The summed E-state index contributed by atoms with van der Waals surface area (Å²) in [7, 11) is 0. The Labute approximate surface area is 65.5 Å². The Hall–Kier alpha value is -1.31. The van der Waals surface area contributed by atoms with Crippen molar-refractivity contribution in [1.29, 1.82) is 0 Å². The number of hydrogen-bond donors (Lipinski definition) is 1. The number of carbonyl (C=O) groups is 1. The van der Waals surface area contributed by atoms with Crippen LogP contribution in [0.1, 0.15) is 15.9 Å². The Morgan fingerprint density at radius 1 is 1.36 bits per heavy atom. The average molecular weight is 149 g/mol. The minimum Gasteiger partial charge on any atom is -0.478 e. The monoisotopic (exact) mass is 149 g/mol. The SMILES string of the molecule is [CH2]Cc1ccc(C(=O)O)cc1. The Morgan fingerprint density at radius 2 is 1.91 bits per heavy atom. The zero-order chi connectivity index (χ0) is 8.27. The molecule has 1 N–H and O–H groups in total. The zero-order valence-electron chi connectivity index (χ0n) is 6.08. The molecular formula is C9H9O2. The van der Waals surface area contributed by atoms with Crippen molar-refractivity contribution in [2.45, 2.75) is 6.42 Å². The molecule has 0 aliphatic heterocycles. The number of benzene rings is 1. The van der Waals surface area contributed by atoms with E-state index in [4.69, 9.17) is 5.11 Å². The van der Waals surface area contributed by atoms with Crippen LogP contribution in [0.4, 0.5) is 0 Å². The minimum atomic E-state index is -0.888. The molecule has 0 heterocycles. The van der Waals surface area contributed by atoms with E-state index in [-0.39, 0.29) is 0 Å². The van der Waals surface area contributed by atoms with E-state index >= 15 is 0 Å². The van der Waals surface area contributed by atoms with Crippen molar-refractivity contribution in [3.63, 3.8) is 0 Å². The minimum absolute atomic E-state index is 0.321. The lowest BCUT2D eigenvalue weighted by atomic mass is 10.1. The standard InChI is InChI=1S/C9H9O2/c1-2-7-3-5-8(6-4-7)9(10)11/h3-6H,1-2H2,(H,10,11). The molecule has 0 saturated carbocycles. The average Bonchev–Trinajstić information content (AvgIpc) is 2.05. The van der Waals surface area contributed by atoms with Crippen molar-refractivity contribution >= 4 is 5.97 Å². The summed E-state index contributed by atoms with van der Waals surface area (Å²) in [4.78, 5) is 10.4. The molecular weight excluding hydrogens is 140 g/mol. The lowest BCUT2D eigenvalue weighted by Gasteiger charge is -1.96. The molecule has 2 nitrogen and oxygen atoms in total. The first-order valence-electron chi connectivity index (χ1n) is 3.35. The van der Waals surface area contributed by atoms with Crippen LogP contribution in [0.5, 0.6) is 0 Å². The lowest BCUT2D eigenvalue weighted by Crippen LogP contribution is -1.95. The van der Waals surface area contributed by atoms with Gasteiger partial charge in [-0.3, -0.25) is 0 Å². The van der Waals surface area contributed by atoms with Gasteiger partial charge in [0.15, 0.2) is 0 Å². The zero-order valence-corrected chi connectivity index (χ0v) is 6.08. The number of hydrogen-bond acceptors (Lipinski definition) is 1. The van der Waals surface area contributed by atoms with E-state index in [2.05, 4.69) is 6.92 Å². The second-order valence-electron chi connectivity index (χ2n) is 2.25. The maximum absolute atomic E-state index is 10.4. The molecule has 11 heavy (non-hydrogen) atoms. The van der Waals surface area contributed by atoms with Crippen molar-refractivity contribution in [1.82, 2.24) is 0 Å². The highest BCUT2D eigenvalue weighted by Crippen LogP contribution is 2.04. The van der Waals surface area contributed by atoms with Gasteiger partial charge >= 0.3 is 5.97 Å². The van der Waals surface area contributed by atoms with Crippen LogP contribution in [-0.4, -0.2) is 11.1 Å². The summed E-state index contributed by atoms with van der Waals surface area (Å²) >= 11 is 0. The molecule has 1 radical (unpaired) electrons. The van der Waals surface area contributed by atoms with Crippen LogP contribution >= 0.6 is 0 Å². The fourth-order valence-electron chi connectivity index (χ4n) is 0.814. The molecule has 1 aromatic rings. The van der Waals surface area contributed by atoms with Gasteiger partial charge in [-0.05, 0) is 31.0 Å². The molecule has 0 aliphatic rings. The molecule has 0 amide bonds. The molecule has 0 unspecified atom stereocenters. The predicted molar refractivity (Wildman–Crippen MR) is 42.5 cm³/mol. The van der Waals surface area contributed by atoms with Gasteiger partial charge in [-0.25, -0.2) is 4.79 Å². The second kappa shape index (κ2) is 3.19. The highest BCUT2D eigenvalue weighted by molar-refractivity contribution is 5.87. The number of carboxylic acids is 1. The third-order valence-electron chi connectivity index (χ3n) is 1.49. The normalized spacial score (nSPS) is 9.55. The lowest BCUT2D eigenvalue weighted by molar-refractivity contribution is 0.0697. The predicted octanol–water partition coefficient (Wildman–Crippen LogP) is 1.76. The van der Waals surface area contributed by atoms with Gasteiger partial charge < -0.3 is 5.11 Å². The van der Waals surface area contributed by atoms with Gasteiger partial charge in [-0.1, -0.05) is 12.1 Å². The number of aromatic carboxylic acids is 1. The summed E-state index contributed by atoms with van der Waals surface area (Å²) in [5, 5.41) is 8.53. The molecule has 57 valence electrons. The van der Waals surface area contributed by atoms with E-state index in [0.29, 0.717) is 12.0 Å². The van der Waals surface area contributed by atoms with Crippen LogP contribution < -0.4 is 0 Å². The van der Waals surface area contributed by atoms with Gasteiger partial charge in [-0.2, -0.15) is 0 Å². The highest BCUT2D eigenvalue weighted by Gasteiger charge is 1.99. The van der Waals surface area contributed by atoms with E-state index in [1.165, 1.54) is 0 Å². The van der Waals surface area contributed by atoms with Crippen LogP contribution in [0.2, 0.25) is 0 Å². The molecule has 1 rings (SSSR count). The van der Waals surface area contributed by atoms with Crippen LogP contribution in [0.3, 0.4) is 0 Å². The largest absolute Gasteiger partial charge is 0.478 e. The van der Waals surface area contributed by atoms with Gasteiger partial charge in [0.25, 0.3) is 0 Å². The molecule has 0 aromatic heterocycles. The summed E-state index contributed by atoms with van der Waals surface area (Å²) in [5.74, 6) is -0.888. The van der Waals surface area contributed by atoms with Crippen molar-refractivity contribution < 1.29 is 9.90 Å². The third-order valence-corrected chi connectivity index (χ3v) is 1.49. The van der Waals surface area contributed by atoms with Crippen molar-refractivity contribution in [3.05, 3.63) is 42.3 Å². The van der Waals surface area contributed by atoms with E-state index < -0.39 is 5.97 Å². The summed E-state index contributed by atoms with van der Waals surface area (Å²) in [5.41, 5.74) is 1.37. The van der Waals surface area contributed by atoms with E-state index in [1.54, 1.807) is 24.3 Å². The summed E-state index contributed by atoms with van der Waals surface area (Å²) in [6.45, 7) is 3.68. The molecule has 1 aromatic carbocycles. The van der Waals surface area contributed by atoms with Crippen LogP contribution in [0, 0.1) is 6.92 Å². The summed E-state index contributed by atoms with van der Waals surface area (Å²) < 4.78 is 0. The number of rotatable bonds is 2. The summed E-state index contributed by atoms with van der Waals surface area (Å²) in [6.07, 6.45) is 0.694. The first kappa shape index (κ1) is 7.79. The molecule has 0 spiro atoms. The van der Waals surface area contributed by atoms with Gasteiger partial charge in [-0.15, -0.1) is 0 Å². The van der Waals surface area contributed by atoms with E-state index in [1.807, 2.05) is 0 Å². The quantitative estimate of drug-likeness (QED) is 0.695. The molecule has 0 fully saturated rings. The molecule has 2 heteroatoms. The molecule has 0 bridgehead atoms. The molecule has 0 aliphatic carbocycles. The maximum Gasteiger partial charge on any atom is 0.335 e. The third kappa shape index (κ3) is 1.80. The maximum atomic E-state index is 10.4. The second-order valence-corrected chi connectivity index (χ2v) is 2.25. The smallest absolute Gasteiger partial charge is 0.335 e. The van der Waals surface area contributed by atoms with Gasteiger partial charge in [0.05, 0.1) is 5.56 Å². The van der Waals surface area contributed by atoms with Gasteiger partial charge in [0.2, 0.25) is 0 Å². The van der Waals surface area contributed by atoms with Crippen LogP contribution in [0.15, 0.2) is 24.3 Å². The first-order valence-corrected chi connectivity index (χ1v) is 3.35. The summed E-state index contributed by atoms with van der Waals surface area (Å²) in [6, 6.07) is 6.72. The fraction of sp³-hybridized carbons (Fsp3) is 0.111. The topological polar surface area (TPSA) is 37.3 Å². The van der Waals surface area contributed by atoms with Gasteiger partial charge in [0.1, 0.15) is 0 Å².